The minimum atomic E-state index is -1.18. The van der Waals surface area contributed by atoms with Gasteiger partial charge in [-0.3, -0.25) is 10.1 Å². The molecule has 1 aliphatic carbocycles. The lowest BCUT2D eigenvalue weighted by atomic mass is 10.2. The highest BCUT2D eigenvalue weighted by Crippen LogP contribution is 2.16. The molecule has 0 spiro atoms. The van der Waals surface area contributed by atoms with Crippen LogP contribution < -0.4 is 0 Å². The van der Waals surface area contributed by atoms with Gasteiger partial charge in [0.2, 0.25) is 0 Å². The van der Waals surface area contributed by atoms with Crippen molar-refractivity contribution in [3.8, 4) is 0 Å². The van der Waals surface area contributed by atoms with Gasteiger partial charge in [-0.05, 0) is 6.08 Å². The molecule has 2 N–H and O–H groups in total. The van der Waals surface area contributed by atoms with Crippen molar-refractivity contribution in [2.24, 2.45) is 0 Å². The molecule has 6 heteroatoms. The molecule has 0 aromatic heterocycles. The van der Waals surface area contributed by atoms with Crippen LogP contribution in [0.4, 0.5) is 0 Å². The number of hydrogen-bond acceptors (Lipinski definition) is 4. The Hall–Kier alpha value is -2.11. The van der Waals surface area contributed by atoms with Crippen molar-refractivity contribution >= 4 is 5.97 Å². The maximum atomic E-state index is 10.5. The highest BCUT2D eigenvalue weighted by Gasteiger charge is 2.18. The van der Waals surface area contributed by atoms with Crippen LogP contribution in [0.2, 0.25) is 0 Å². The van der Waals surface area contributed by atoms with E-state index in [-0.39, 0.29) is 12.0 Å². The molecule has 1 aliphatic rings. The third-order valence-electron chi connectivity index (χ3n) is 1.68. The van der Waals surface area contributed by atoms with Gasteiger partial charge in [0, 0.05) is 12.5 Å². The zero-order chi connectivity index (χ0) is 10.7. The normalized spacial score (nSPS) is 16.1. The summed E-state index contributed by atoms with van der Waals surface area (Å²) >= 11 is 0. The third kappa shape index (κ3) is 1.98. The number of aliphatic carboxylic acids is 1. The first-order chi connectivity index (χ1) is 6.52. The Balaban J connectivity index is 3.02. The topological polar surface area (TPSA) is 101 Å². The smallest absolute Gasteiger partial charge is 0.335 e. The number of rotatable bonds is 2. The van der Waals surface area contributed by atoms with Crippen LogP contribution in [-0.2, 0) is 4.79 Å². The van der Waals surface area contributed by atoms with E-state index in [0.717, 1.165) is 12.2 Å². The average Bonchev–Trinajstić information content (AvgIpc) is 2.26. The summed E-state index contributed by atoms with van der Waals surface area (Å²) in [6, 6.07) is 0. The van der Waals surface area contributed by atoms with Gasteiger partial charge in [-0.1, -0.05) is 6.08 Å². The molecule has 1 rings (SSSR count). The summed E-state index contributed by atoms with van der Waals surface area (Å²) in [7, 11) is 0. The molecule has 0 amide bonds. The summed E-state index contributed by atoms with van der Waals surface area (Å²) < 4.78 is 0. The highest BCUT2D eigenvalue weighted by molar-refractivity contribution is 5.90. The number of aliphatic hydroxyl groups excluding tert-OH is 1. The SMILES string of the molecule is O=C(O)C1=CCC(O)=C([N+](=O)[O-])C=C1. The first kappa shape index (κ1) is 9.97. The molecule has 0 fully saturated rings. The zero-order valence-corrected chi connectivity index (χ0v) is 7.01. The molecule has 0 unspecified atom stereocenters. The molecule has 14 heavy (non-hydrogen) atoms. The van der Waals surface area contributed by atoms with Gasteiger partial charge >= 0.3 is 11.7 Å². The first-order valence-electron chi connectivity index (χ1n) is 3.70. The predicted molar refractivity (Wildman–Crippen MR) is 46.1 cm³/mol. The fourth-order valence-corrected chi connectivity index (χ4v) is 0.969. The van der Waals surface area contributed by atoms with E-state index < -0.39 is 22.3 Å². The van der Waals surface area contributed by atoms with Gasteiger partial charge in [0.1, 0.15) is 0 Å². The summed E-state index contributed by atoms with van der Waals surface area (Å²) in [6.07, 6.45) is 3.13. The van der Waals surface area contributed by atoms with Crippen LogP contribution in [0.1, 0.15) is 6.42 Å². The van der Waals surface area contributed by atoms with E-state index in [4.69, 9.17) is 10.2 Å². The van der Waals surface area contributed by atoms with Gasteiger partial charge in [-0.2, -0.15) is 0 Å². The summed E-state index contributed by atoms with van der Waals surface area (Å²) in [5.74, 6) is -1.62. The number of carboxylic acids is 1. The largest absolute Gasteiger partial charge is 0.506 e. The van der Waals surface area contributed by atoms with E-state index in [9.17, 15) is 14.9 Å². The van der Waals surface area contributed by atoms with Crippen molar-refractivity contribution in [2.75, 3.05) is 0 Å². The summed E-state index contributed by atoms with van der Waals surface area (Å²) in [5, 5.41) is 28.1. The van der Waals surface area contributed by atoms with Crippen molar-refractivity contribution in [2.45, 2.75) is 6.42 Å². The Morgan fingerprint density at radius 1 is 1.50 bits per heavy atom. The van der Waals surface area contributed by atoms with Gasteiger partial charge in [-0.25, -0.2) is 4.79 Å². The second kappa shape index (κ2) is 3.73. The minimum Gasteiger partial charge on any atom is -0.506 e. The molecule has 0 saturated heterocycles. The predicted octanol–water partition coefficient (Wildman–Crippen LogP) is 1.00. The number of nitrogens with zero attached hydrogens (tertiary/aromatic N) is 1. The van der Waals surface area contributed by atoms with Crippen LogP contribution in [0, 0.1) is 10.1 Å². The van der Waals surface area contributed by atoms with Crippen molar-refractivity contribution in [1.29, 1.82) is 0 Å². The number of aliphatic hydroxyl groups is 1. The Morgan fingerprint density at radius 3 is 2.64 bits per heavy atom. The van der Waals surface area contributed by atoms with E-state index in [1.54, 1.807) is 0 Å². The highest BCUT2D eigenvalue weighted by atomic mass is 16.6. The minimum absolute atomic E-state index is 0.0756. The molecule has 0 bridgehead atoms. The van der Waals surface area contributed by atoms with E-state index in [1.807, 2.05) is 0 Å². The van der Waals surface area contributed by atoms with E-state index in [0.29, 0.717) is 0 Å². The quantitative estimate of drug-likeness (QED) is 0.508. The lowest BCUT2D eigenvalue weighted by Crippen LogP contribution is -1.99. The van der Waals surface area contributed by atoms with E-state index in [2.05, 4.69) is 0 Å². The van der Waals surface area contributed by atoms with Crippen molar-refractivity contribution in [1.82, 2.24) is 0 Å². The van der Waals surface area contributed by atoms with E-state index in [1.165, 1.54) is 6.08 Å². The first-order valence-corrected chi connectivity index (χ1v) is 3.70. The third-order valence-corrected chi connectivity index (χ3v) is 1.68. The van der Waals surface area contributed by atoms with Crippen LogP contribution in [-0.4, -0.2) is 21.1 Å². The second-order valence-corrected chi connectivity index (χ2v) is 2.59. The summed E-state index contributed by atoms with van der Waals surface area (Å²) in [5.41, 5.74) is -0.550. The van der Waals surface area contributed by atoms with Crippen LogP contribution in [0.15, 0.2) is 35.3 Å². The molecule has 0 aromatic rings. The van der Waals surface area contributed by atoms with Gasteiger partial charge < -0.3 is 10.2 Å². The lowest BCUT2D eigenvalue weighted by Gasteiger charge is -1.93. The zero-order valence-electron chi connectivity index (χ0n) is 7.01. The average molecular weight is 197 g/mol. The van der Waals surface area contributed by atoms with Crippen LogP contribution in [0.5, 0.6) is 0 Å². The molecular weight excluding hydrogens is 190 g/mol. The summed E-state index contributed by atoms with van der Waals surface area (Å²) in [4.78, 5) is 20.1. The van der Waals surface area contributed by atoms with Gasteiger partial charge in [0.25, 0.3) is 0 Å². The lowest BCUT2D eigenvalue weighted by molar-refractivity contribution is -0.422. The monoisotopic (exact) mass is 197 g/mol. The van der Waals surface area contributed by atoms with Gasteiger partial charge in [-0.15, -0.1) is 0 Å². The fraction of sp³-hybridized carbons (Fsp3) is 0.125. The maximum absolute atomic E-state index is 10.5. The second-order valence-electron chi connectivity index (χ2n) is 2.59. The van der Waals surface area contributed by atoms with Crippen molar-refractivity contribution in [3.05, 3.63) is 45.4 Å². The molecule has 0 saturated carbocycles. The van der Waals surface area contributed by atoms with Crippen molar-refractivity contribution in [3.63, 3.8) is 0 Å². The number of nitro groups is 1. The molecule has 0 heterocycles. The van der Waals surface area contributed by atoms with Crippen LogP contribution in [0.3, 0.4) is 0 Å². The molecular formula is C8H7NO5. The number of allylic oxidation sites excluding steroid dienone is 2. The number of carbonyl (C=O) groups is 1. The number of hydrogen-bond donors (Lipinski definition) is 2. The number of carboxylic acid groups (broad SMARTS) is 1. The Morgan fingerprint density at radius 2 is 2.14 bits per heavy atom. The summed E-state index contributed by atoms with van der Waals surface area (Å²) in [6.45, 7) is 0. The molecule has 0 atom stereocenters. The molecule has 0 aromatic carbocycles. The maximum Gasteiger partial charge on any atom is 0.335 e. The Bertz CT molecular complexity index is 377. The fourth-order valence-electron chi connectivity index (χ4n) is 0.969. The Labute approximate surface area is 78.6 Å². The molecule has 0 aliphatic heterocycles. The van der Waals surface area contributed by atoms with Gasteiger partial charge in [0.05, 0.1) is 10.5 Å². The molecule has 74 valence electrons. The van der Waals surface area contributed by atoms with Gasteiger partial charge in [0.15, 0.2) is 5.76 Å². The van der Waals surface area contributed by atoms with Crippen LogP contribution in [0.25, 0.3) is 0 Å². The van der Waals surface area contributed by atoms with Crippen LogP contribution >= 0.6 is 0 Å². The standard InChI is InChI=1S/C8H7NO5/c10-7-4-2-5(8(11)12)1-3-6(7)9(13)14/h1-3,10H,4H2,(H,11,12). The molecule has 6 nitrogen and oxygen atoms in total. The van der Waals surface area contributed by atoms with Crippen molar-refractivity contribution < 1.29 is 19.9 Å². The van der Waals surface area contributed by atoms with E-state index >= 15 is 0 Å². The Kier molecular flexibility index (Phi) is 2.66. The molecule has 0 radical (unpaired) electrons.